The van der Waals surface area contributed by atoms with Gasteiger partial charge in [0.1, 0.15) is 12.3 Å². The molecule has 10 nitrogen and oxygen atoms in total. The van der Waals surface area contributed by atoms with Crippen LogP contribution in [0.4, 0.5) is 0 Å². The van der Waals surface area contributed by atoms with Gasteiger partial charge in [0, 0.05) is 12.7 Å². The van der Waals surface area contributed by atoms with E-state index in [0.29, 0.717) is 0 Å². The first-order valence-corrected chi connectivity index (χ1v) is 15.4. The molecular formula is C25H51N4O6P. The number of amides is 2. The molecule has 0 aromatic carbocycles. The maximum atomic E-state index is 13.0. The molecule has 0 spiro atoms. The predicted octanol–water partition coefficient (Wildman–Crippen LogP) is 1.37. The van der Waals surface area contributed by atoms with Gasteiger partial charge in [-0.1, -0.05) is 60.8 Å². The zero-order valence-corrected chi connectivity index (χ0v) is 23.8. The van der Waals surface area contributed by atoms with E-state index in [9.17, 15) is 29.3 Å². The molecule has 0 saturated heterocycles. The lowest BCUT2D eigenvalue weighted by Crippen LogP contribution is -2.60. The van der Waals surface area contributed by atoms with Crippen molar-refractivity contribution < 1.29 is 29.3 Å². The molecule has 0 radical (unpaired) electrons. The van der Waals surface area contributed by atoms with Crippen LogP contribution in [-0.4, -0.2) is 76.2 Å². The Morgan fingerprint density at radius 3 is 2.00 bits per heavy atom. The third-order valence-electron chi connectivity index (χ3n) is 6.96. The zero-order chi connectivity index (χ0) is 27.6. The molecule has 212 valence electrons. The largest absolute Gasteiger partial charge is 0.391 e. The van der Waals surface area contributed by atoms with Crippen molar-refractivity contribution >= 4 is 19.2 Å². The van der Waals surface area contributed by atoms with E-state index < -0.39 is 49.6 Å². The molecule has 0 aromatic heterocycles. The fourth-order valence-corrected chi connectivity index (χ4v) is 6.69. The summed E-state index contributed by atoms with van der Waals surface area (Å²) in [4.78, 5) is 35.8. The predicted molar refractivity (Wildman–Crippen MR) is 143 cm³/mol. The van der Waals surface area contributed by atoms with E-state index in [2.05, 4.69) is 16.0 Å². The highest BCUT2D eigenvalue weighted by atomic mass is 31.2. The minimum absolute atomic E-state index is 0.0846. The number of aliphatic hydroxyl groups is 2. The van der Waals surface area contributed by atoms with Crippen LogP contribution < -0.4 is 21.7 Å². The van der Waals surface area contributed by atoms with Crippen LogP contribution in [0.3, 0.4) is 0 Å². The van der Waals surface area contributed by atoms with E-state index in [1.54, 1.807) is 13.8 Å². The number of hydrogen-bond donors (Lipinski definition) is 7. The van der Waals surface area contributed by atoms with Crippen molar-refractivity contribution in [2.24, 2.45) is 29.4 Å². The summed E-state index contributed by atoms with van der Waals surface area (Å²) >= 11 is 0. The third kappa shape index (κ3) is 11.6. The molecule has 0 aliphatic heterocycles. The quantitative estimate of drug-likeness (QED) is 0.122. The Hall–Kier alpha value is -1.03. The summed E-state index contributed by atoms with van der Waals surface area (Å²) in [6.45, 7) is 10.8. The molecule has 11 heteroatoms. The van der Waals surface area contributed by atoms with Crippen LogP contribution in [0, 0.1) is 23.7 Å². The third-order valence-corrected chi connectivity index (χ3v) is 9.04. The highest BCUT2D eigenvalue weighted by Gasteiger charge is 2.33. The first-order chi connectivity index (χ1) is 16.6. The average Bonchev–Trinajstić information content (AvgIpc) is 2.77. The van der Waals surface area contributed by atoms with Crippen LogP contribution in [0.2, 0.25) is 0 Å². The maximum absolute atomic E-state index is 13.0. The first-order valence-electron chi connectivity index (χ1n) is 13.4. The molecule has 2 unspecified atom stereocenters. The Bertz CT molecular complexity index is 729. The van der Waals surface area contributed by atoms with Crippen LogP contribution in [0.5, 0.6) is 0 Å². The molecule has 0 aromatic rings. The van der Waals surface area contributed by atoms with E-state index in [4.69, 9.17) is 5.73 Å². The van der Waals surface area contributed by atoms with Gasteiger partial charge in [0.2, 0.25) is 19.2 Å². The maximum Gasteiger partial charge on any atom is 0.243 e. The van der Waals surface area contributed by atoms with Gasteiger partial charge in [0.25, 0.3) is 0 Å². The molecule has 0 heterocycles. The fraction of sp³-hybridized carbons (Fsp3) is 0.920. The lowest BCUT2D eigenvalue weighted by molar-refractivity contribution is -0.132. The SMILES string of the molecule is CC(C)[C@H](NC(=O)[C@@H](NC(=O)[C@@H](N)C(C)C)C(C)C)C(O)NC[C@@H](O)CP(=O)(O)CC1CCCCC1. The zero-order valence-electron chi connectivity index (χ0n) is 22.9. The Morgan fingerprint density at radius 1 is 0.917 bits per heavy atom. The molecule has 1 fully saturated rings. The molecule has 36 heavy (non-hydrogen) atoms. The van der Waals surface area contributed by atoms with Gasteiger partial charge < -0.3 is 31.5 Å². The summed E-state index contributed by atoms with van der Waals surface area (Å²) in [6, 6.07) is -2.29. The molecule has 1 aliphatic rings. The highest BCUT2D eigenvalue weighted by molar-refractivity contribution is 7.58. The van der Waals surface area contributed by atoms with Crippen molar-refractivity contribution in [2.75, 3.05) is 18.9 Å². The monoisotopic (exact) mass is 534 g/mol. The van der Waals surface area contributed by atoms with Gasteiger partial charge >= 0.3 is 0 Å². The van der Waals surface area contributed by atoms with Crippen molar-refractivity contribution in [3.8, 4) is 0 Å². The number of carbonyl (C=O) groups excluding carboxylic acids is 2. The number of carbonyl (C=O) groups is 2. The lowest BCUT2D eigenvalue weighted by Gasteiger charge is -2.32. The van der Waals surface area contributed by atoms with Crippen molar-refractivity contribution in [1.82, 2.24) is 16.0 Å². The Morgan fingerprint density at radius 2 is 1.50 bits per heavy atom. The topological polar surface area (TPSA) is 174 Å². The smallest absolute Gasteiger partial charge is 0.243 e. The fourth-order valence-electron chi connectivity index (χ4n) is 4.58. The van der Waals surface area contributed by atoms with Crippen LogP contribution in [0.25, 0.3) is 0 Å². The minimum Gasteiger partial charge on any atom is -0.391 e. The number of rotatable bonds is 15. The first kappa shape index (κ1) is 33.0. The second kappa shape index (κ2) is 15.4. The average molecular weight is 535 g/mol. The van der Waals surface area contributed by atoms with E-state index in [0.717, 1.165) is 25.7 Å². The molecular weight excluding hydrogens is 483 g/mol. The number of aliphatic hydroxyl groups excluding tert-OH is 2. The van der Waals surface area contributed by atoms with Gasteiger partial charge in [-0.2, -0.15) is 0 Å². The van der Waals surface area contributed by atoms with E-state index in [1.165, 1.54) is 6.42 Å². The van der Waals surface area contributed by atoms with E-state index >= 15 is 0 Å². The summed E-state index contributed by atoms with van der Waals surface area (Å²) in [5, 5.41) is 29.4. The molecule has 0 bridgehead atoms. The summed E-state index contributed by atoms with van der Waals surface area (Å²) in [6.07, 6.45) is 2.90. The number of nitrogens with two attached hydrogens (primary N) is 1. The van der Waals surface area contributed by atoms with Gasteiger partial charge in [0.05, 0.1) is 24.3 Å². The van der Waals surface area contributed by atoms with Gasteiger partial charge in [-0.3, -0.25) is 19.5 Å². The van der Waals surface area contributed by atoms with Gasteiger partial charge in [-0.15, -0.1) is 0 Å². The second-order valence-corrected chi connectivity index (χ2v) is 13.9. The van der Waals surface area contributed by atoms with E-state index in [1.807, 2.05) is 27.7 Å². The standard InChI is InChI=1S/C25H51N4O6P/c1-15(2)20(26)23(31)28-22(17(5)6)25(33)29-21(16(3)4)24(32)27-12-19(30)14-36(34,35)13-18-10-8-7-9-11-18/h15-22,24,27,30,32H,7-14,26H2,1-6H3,(H,28,31)(H,29,33)(H,34,35)/t19-,20+,21+,22+,24?/m1/s1. The minimum atomic E-state index is -3.49. The van der Waals surface area contributed by atoms with Crippen molar-refractivity contribution in [1.29, 1.82) is 0 Å². The van der Waals surface area contributed by atoms with Crippen LogP contribution in [0.15, 0.2) is 0 Å². The molecule has 1 saturated carbocycles. The Kier molecular flexibility index (Phi) is 14.1. The summed E-state index contributed by atoms with van der Waals surface area (Å²) in [5.74, 6) is -1.10. The second-order valence-electron chi connectivity index (χ2n) is 11.5. The molecule has 6 atom stereocenters. The van der Waals surface area contributed by atoms with Crippen molar-refractivity contribution in [3.05, 3.63) is 0 Å². The van der Waals surface area contributed by atoms with Crippen LogP contribution >= 0.6 is 7.37 Å². The number of nitrogens with one attached hydrogen (secondary N) is 3. The number of hydrogen-bond acceptors (Lipinski definition) is 7. The van der Waals surface area contributed by atoms with Crippen molar-refractivity contribution in [3.63, 3.8) is 0 Å². The van der Waals surface area contributed by atoms with Gasteiger partial charge in [0.15, 0.2) is 0 Å². The molecule has 2 amide bonds. The Balaban J connectivity index is 2.68. The van der Waals surface area contributed by atoms with Crippen LogP contribution in [0.1, 0.15) is 73.6 Å². The normalized spacial score (nSPS) is 21.0. The molecule has 1 rings (SSSR count). The van der Waals surface area contributed by atoms with Gasteiger partial charge in [-0.25, -0.2) is 0 Å². The molecule has 8 N–H and O–H groups in total. The highest BCUT2D eigenvalue weighted by Crippen LogP contribution is 2.45. The van der Waals surface area contributed by atoms with Crippen molar-refractivity contribution in [2.45, 2.75) is 104 Å². The summed E-state index contributed by atoms with van der Waals surface area (Å²) in [7, 11) is -3.49. The summed E-state index contributed by atoms with van der Waals surface area (Å²) < 4.78 is 12.6. The van der Waals surface area contributed by atoms with Gasteiger partial charge in [-0.05, 0) is 36.5 Å². The lowest BCUT2D eigenvalue weighted by atomic mass is 9.91. The van der Waals surface area contributed by atoms with E-state index in [-0.39, 0.29) is 42.5 Å². The van der Waals surface area contributed by atoms with Crippen LogP contribution in [-0.2, 0) is 14.2 Å². The summed E-state index contributed by atoms with van der Waals surface area (Å²) in [5.41, 5.74) is 5.91. The Labute approximate surface area is 217 Å². The molecule has 1 aliphatic carbocycles.